The molecule has 96 valence electrons. The molecule has 0 amide bonds. The van der Waals surface area contributed by atoms with Crippen molar-refractivity contribution >= 4 is 0 Å². The summed E-state index contributed by atoms with van der Waals surface area (Å²) in [6, 6.07) is 12.9. The molecule has 0 bridgehead atoms. The van der Waals surface area contributed by atoms with Crippen molar-refractivity contribution in [1.29, 1.82) is 5.26 Å². The van der Waals surface area contributed by atoms with E-state index in [2.05, 4.69) is 4.98 Å². The molecule has 0 fully saturated rings. The van der Waals surface area contributed by atoms with E-state index in [0.717, 1.165) is 11.1 Å². The van der Waals surface area contributed by atoms with Crippen LogP contribution >= 0.6 is 0 Å². The van der Waals surface area contributed by atoms with E-state index in [1.165, 1.54) is 0 Å². The number of benzene rings is 1. The van der Waals surface area contributed by atoms with Gasteiger partial charge >= 0.3 is 0 Å². The van der Waals surface area contributed by atoms with Crippen LogP contribution in [0.15, 0.2) is 42.6 Å². The fourth-order valence-electron chi connectivity index (χ4n) is 1.77. The Morgan fingerprint density at radius 3 is 2.84 bits per heavy atom. The Morgan fingerprint density at radius 2 is 2.11 bits per heavy atom. The van der Waals surface area contributed by atoms with Crippen LogP contribution < -0.4 is 4.74 Å². The van der Waals surface area contributed by atoms with E-state index < -0.39 is 6.10 Å². The van der Waals surface area contributed by atoms with Crippen molar-refractivity contribution in [2.24, 2.45) is 0 Å². The molecule has 4 nitrogen and oxygen atoms in total. The zero-order valence-electron chi connectivity index (χ0n) is 10.6. The van der Waals surface area contributed by atoms with Gasteiger partial charge in [-0.15, -0.1) is 0 Å². The lowest BCUT2D eigenvalue weighted by molar-refractivity contribution is 0.190. The number of hydrogen-bond acceptors (Lipinski definition) is 4. The molecule has 0 spiro atoms. The van der Waals surface area contributed by atoms with Gasteiger partial charge in [-0.1, -0.05) is 24.3 Å². The maximum atomic E-state index is 9.66. The smallest absolute Gasteiger partial charge is 0.147 e. The quantitative estimate of drug-likeness (QED) is 0.910. The summed E-state index contributed by atoms with van der Waals surface area (Å²) >= 11 is 0. The number of pyridine rings is 1. The molecule has 0 saturated carbocycles. The summed E-state index contributed by atoms with van der Waals surface area (Å²) in [6.07, 6.45) is 0.978. The number of aliphatic hydroxyl groups is 1. The molecule has 19 heavy (non-hydrogen) atoms. The number of hydrogen-bond donors (Lipinski definition) is 1. The second-order valence-electron chi connectivity index (χ2n) is 4.13. The van der Waals surface area contributed by atoms with Gasteiger partial charge in [0.1, 0.15) is 24.1 Å². The second kappa shape index (κ2) is 5.98. The Kier molecular flexibility index (Phi) is 4.11. The molecule has 1 heterocycles. The number of para-hydroxylation sites is 1. The number of nitriles is 1. The van der Waals surface area contributed by atoms with Crippen LogP contribution in [0.25, 0.3) is 0 Å². The topological polar surface area (TPSA) is 66.1 Å². The third-order valence-electron chi connectivity index (χ3n) is 2.75. The maximum absolute atomic E-state index is 9.66. The predicted molar refractivity (Wildman–Crippen MR) is 70.4 cm³/mol. The average Bonchev–Trinajstić information content (AvgIpc) is 2.45. The molecular weight excluding hydrogens is 240 g/mol. The number of ether oxygens (including phenoxy) is 1. The van der Waals surface area contributed by atoms with E-state index in [-0.39, 0.29) is 6.61 Å². The van der Waals surface area contributed by atoms with Gasteiger partial charge in [0, 0.05) is 17.3 Å². The van der Waals surface area contributed by atoms with Gasteiger partial charge in [-0.2, -0.15) is 5.26 Å². The van der Waals surface area contributed by atoms with E-state index in [1.54, 1.807) is 31.3 Å². The van der Waals surface area contributed by atoms with Gasteiger partial charge in [0.25, 0.3) is 0 Å². The molecule has 0 unspecified atom stereocenters. The van der Waals surface area contributed by atoms with E-state index in [1.807, 2.05) is 24.3 Å². The van der Waals surface area contributed by atoms with Crippen molar-refractivity contribution in [3.63, 3.8) is 0 Å². The number of aromatic nitrogens is 1. The van der Waals surface area contributed by atoms with Crippen LogP contribution in [0, 0.1) is 11.3 Å². The highest BCUT2D eigenvalue weighted by Gasteiger charge is 2.09. The lowest BCUT2D eigenvalue weighted by atomic mass is 10.1. The molecule has 1 atom stereocenters. The molecule has 2 rings (SSSR count). The normalized spacial score (nSPS) is 11.6. The summed E-state index contributed by atoms with van der Waals surface area (Å²) in [7, 11) is 0. The summed E-state index contributed by atoms with van der Waals surface area (Å²) in [4.78, 5) is 3.98. The van der Waals surface area contributed by atoms with Crippen molar-refractivity contribution in [2.75, 3.05) is 0 Å². The lowest BCUT2D eigenvalue weighted by Crippen LogP contribution is -2.03. The van der Waals surface area contributed by atoms with Crippen LogP contribution in [0.1, 0.15) is 29.8 Å². The minimum absolute atomic E-state index is 0.250. The third kappa shape index (κ3) is 3.09. The standard InChI is InChI=1S/C15H14N2O2/c1-11(18)13-6-2-3-7-15(13)19-10-12-5-4-8-17-14(12)9-16/h2-8,11,18H,10H2,1H3/t11-/m0/s1. The van der Waals surface area contributed by atoms with Crippen LogP contribution in [0.4, 0.5) is 0 Å². The summed E-state index contributed by atoms with van der Waals surface area (Å²) in [5, 5.41) is 18.6. The molecule has 1 aromatic carbocycles. The van der Waals surface area contributed by atoms with E-state index in [4.69, 9.17) is 10.00 Å². The van der Waals surface area contributed by atoms with Gasteiger partial charge < -0.3 is 9.84 Å². The lowest BCUT2D eigenvalue weighted by Gasteiger charge is -2.13. The van der Waals surface area contributed by atoms with Crippen molar-refractivity contribution < 1.29 is 9.84 Å². The van der Waals surface area contributed by atoms with Gasteiger partial charge in [0.2, 0.25) is 0 Å². The molecule has 0 aliphatic heterocycles. The Labute approximate surface area is 111 Å². The summed E-state index contributed by atoms with van der Waals surface area (Å²) in [5.41, 5.74) is 1.81. The minimum Gasteiger partial charge on any atom is -0.488 e. The highest BCUT2D eigenvalue weighted by Crippen LogP contribution is 2.25. The van der Waals surface area contributed by atoms with Gasteiger partial charge in [-0.3, -0.25) is 0 Å². The predicted octanol–water partition coefficient (Wildman–Crippen LogP) is 2.59. The molecule has 0 aliphatic rings. The summed E-state index contributed by atoms with van der Waals surface area (Å²) < 4.78 is 5.68. The van der Waals surface area contributed by atoms with Gasteiger partial charge in [-0.25, -0.2) is 4.98 Å². The fourth-order valence-corrected chi connectivity index (χ4v) is 1.77. The molecule has 0 saturated heterocycles. The molecule has 4 heteroatoms. The Morgan fingerprint density at radius 1 is 1.32 bits per heavy atom. The molecule has 0 radical (unpaired) electrons. The van der Waals surface area contributed by atoms with E-state index in [0.29, 0.717) is 11.4 Å². The minimum atomic E-state index is -0.597. The second-order valence-corrected chi connectivity index (χ2v) is 4.13. The molecule has 0 aliphatic carbocycles. The average molecular weight is 254 g/mol. The zero-order valence-corrected chi connectivity index (χ0v) is 10.6. The third-order valence-corrected chi connectivity index (χ3v) is 2.75. The van der Waals surface area contributed by atoms with Crippen LogP contribution in [0.5, 0.6) is 5.75 Å². The maximum Gasteiger partial charge on any atom is 0.147 e. The Balaban J connectivity index is 2.18. The van der Waals surface area contributed by atoms with Crippen LogP contribution in [0.2, 0.25) is 0 Å². The monoisotopic (exact) mass is 254 g/mol. The number of rotatable bonds is 4. The van der Waals surface area contributed by atoms with Crippen LogP contribution in [-0.4, -0.2) is 10.1 Å². The SMILES string of the molecule is C[C@H](O)c1ccccc1OCc1cccnc1C#N. The molecule has 1 aromatic heterocycles. The Bertz CT molecular complexity index is 603. The molecular formula is C15H14N2O2. The Hall–Kier alpha value is -2.38. The van der Waals surface area contributed by atoms with E-state index in [9.17, 15) is 5.11 Å². The van der Waals surface area contributed by atoms with Gasteiger partial charge in [-0.05, 0) is 19.1 Å². The van der Waals surface area contributed by atoms with Crippen molar-refractivity contribution in [2.45, 2.75) is 19.6 Å². The van der Waals surface area contributed by atoms with Gasteiger partial charge in [0.05, 0.1) is 6.10 Å². The van der Waals surface area contributed by atoms with Crippen LogP contribution in [0.3, 0.4) is 0 Å². The highest BCUT2D eigenvalue weighted by molar-refractivity contribution is 5.36. The first kappa shape index (κ1) is 13.1. The van der Waals surface area contributed by atoms with Crippen molar-refractivity contribution in [1.82, 2.24) is 4.98 Å². The van der Waals surface area contributed by atoms with Crippen LogP contribution in [-0.2, 0) is 6.61 Å². The van der Waals surface area contributed by atoms with Crippen molar-refractivity contribution in [3.05, 3.63) is 59.4 Å². The first-order chi connectivity index (χ1) is 9.22. The molecule has 2 aromatic rings. The first-order valence-corrected chi connectivity index (χ1v) is 5.96. The molecule has 1 N–H and O–H groups in total. The van der Waals surface area contributed by atoms with Gasteiger partial charge in [0.15, 0.2) is 0 Å². The summed E-state index contributed by atoms with van der Waals surface area (Å²) in [5.74, 6) is 0.616. The van der Waals surface area contributed by atoms with Crippen molar-refractivity contribution in [3.8, 4) is 11.8 Å². The summed E-state index contributed by atoms with van der Waals surface area (Å²) in [6.45, 7) is 1.94. The zero-order chi connectivity index (χ0) is 13.7. The fraction of sp³-hybridized carbons (Fsp3) is 0.200. The highest BCUT2D eigenvalue weighted by atomic mass is 16.5. The largest absolute Gasteiger partial charge is 0.488 e. The number of nitrogens with zero attached hydrogens (tertiary/aromatic N) is 2. The van der Waals surface area contributed by atoms with E-state index >= 15 is 0 Å². The first-order valence-electron chi connectivity index (χ1n) is 5.96. The number of aliphatic hydroxyl groups excluding tert-OH is 1.